The maximum Gasteiger partial charge on any atom is 0.322 e. The van der Waals surface area contributed by atoms with Gasteiger partial charge in [0.05, 0.1) is 23.8 Å². The molecule has 0 spiro atoms. The van der Waals surface area contributed by atoms with Crippen LogP contribution in [0.3, 0.4) is 0 Å². The number of amides is 2. The summed E-state index contributed by atoms with van der Waals surface area (Å²) in [7, 11) is 1.68. The number of rotatable bonds is 8. The van der Waals surface area contributed by atoms with Crippen molar-refractivity contribution in [1.29, 1.82) is 5.26 Å². The number of anilines is 1. The highest BCUT2D eigenvalue weighted by molar-refractivity contribution is 6.31. The van der Waals surface area contributed by atoms with Gasteiger partial charge in [-0.15, -0.1) is 0 Å². The highest BCUT2D eigenvalue weighted by atomic mass is 35.5. The van der Waals surface area contributed by atoms with Crippen molar-refractivity contribution in [2.45, 2.75) is 56.5 Å². The Morgan fingerprint density at radius 2 is 1.93 bits per heavy atom. The molecule has 8 heteroatoms. The van der Waals surface area contributed by atoms with Crippen LogP contribution < -0.4 is 10.1 Å². The fraction of sp³-hybridized carbons (Fsp3) is 0.429. The van der Waals surface area contributed by atoms with Gasteiger partial charge >= 0.3 is 6.03 Å². The molecule has 3 fully saturated rings. The van der Waals surface area contributed by atoms with Gasteiger partial charge in [0.2, 0.25) is 0 Å². The molecule has 6 nitrogen and oxygen atoms in total. The van der Waals surface area contributed by atoms with Crippen LogP contribution in [0.4, 0.5) is 14.9 Å². The number of carbonyl (C=O) groups excluding carboxylic acids is 1. The van der Waals surface area contributed by atoms with E-state index in [1.165, 1.54) is 23.3 Å². The van der Waals surface area contributed by atoms with E-state index in [4.69, 9.17) is 16.3 Å². The van der Waals surface area contributed by atoms with Crippen molar-refractivity contribution in [2.75, 3.05) is 32.1 Å². The van der Waals surface area contributed by atoms with Crippen LogP contribution in [-0.4, -0.2) is 48.6 Å². The van der Waals surface area contributed by atoms with E-state index in [1.54, 1.807) is 13.2 Å². The first-order valence-corrected chi connectivity index (χ1v) is 15.6. The molecule has 43 heavy (non-hydrogen) atoms. The third-order valence-electron chi connectivity index (χ3n) is 9.88. The Kier molecular flexibility index (Phi) is 8.61. The number of methoxy groups -OCH3 is 1. The van der Waals surface area contributed by atoms with Crippen LogP contribution in [0.1, 0.15) is 55.2 Å². The average molecular weight is 601 g/mol. The first-order valence-electron chi connectivity index (χ1n) is 15.3. The summed E-state index contributed by atoms with van der Waals surface area (Å²) in [6.45, 7) is 3.59. The molecule has 1 heterocycles. The number of fused-ring (bicyclic) bond motifs is 1. The predicted octanol–water partition coefficient (Wildman–Crippen LogP) is 7.62. The molecule has 3 aromatic rings. The Morgan fingerprint density at radius 3 is 2.63 bits per heavy atom. The first kappa shape index (κ1) is 29.5. The summed E-state index contributed by atoms with van der Waals surface area (Å²) in [5.41, 5.74) is 3.87. The SMILES string of the molecule is COc1ccc(CN2CCC(CN(C(=O)Nc3ccc(F)c(Cl)c3)C3CC[C@]4(c5cccc(C#N)c5)CC4C3)CC2)cc1. The number of halogens is 2. The van der Waals surface area contributed by atoms with E-state index in [0.717, 1.165) is 63.9 Å². The van der Waals surface area contributed by atoms with Crippen molar-refractivity contribution < 1.29 is 13.9 Å². The number of nitriles is 1. The highest BCUT2D eigenvalue weighted by Gasteiger charge is 2.58. The maximum absolute atomic E-state index is 13.8. The van der Waals surface area contributed by atoms with Crippen molar-refractivity contribution >= 4 is 23.3 Å². The Labute approximate surface area is 258 Å². The van der Waals surface area contributed by atoms with E-state index >= 15 is 0 Å². The minimum absolute atomic E-state index is 0.00592. The zero-order valence-corrected chi connectivity index (χ0v) is 25.3. The van der Waals surface area contributed by atoms with Crippen molar-refractivity contribution in [2.24, 2.45) is 11.8 Å². The summed E-state index contributed by atoms with van der Waals surface area (Å²) in [5.74, 6) is 1.27. The van der Waals surface area contributed by atoms with Crippen LogP contribution in [0.2, 0.25) is 5.02 Å². The Balaban J connectivity index is 1.12. The summed E-state index contributed by atoms with van der Waals surface area (Å²) in [6.07, 6.45) is 6.04. The fourth-order valence-electron chi connectivity index (χ4n) is 7.31. The third kappa shape index (κ3) is 6.51. The zero-order chi connectivity index (χ0) is 30.0. The van der Waals surface area contributed by atoms with E-state index in [1.807, 2.05) is 30.3 Å². The van der Waals surface area contributed by atoms with Crippen LogP contribution in [-0.2, 0) is 12.0 Å². The van der Waals surface area contributed by atoms with Crippen LogP contribution in [0.25, 0.3) is 0 Å². The molecule has 3 atom stereocenters. The second-order valence-electron chi connectivity index (χ2n) is 12.5. The minimum atomic E-state index is -0.504. The quantitative estimate of drug-likeness (QED) is 0.289. The topological polar surface area (TPSA) is 68.6 Å². The molecule has 1 aliphatic heterocycles. The molecular formula is C35H38ClFN4O2. The molecule has 1 saturated heterocycles. The molecule has 3 aromatic carbocycles. The predicted molar refractivity (Wildman–Crippen MR) is 167 cm³/mol. The van der Waals surface area contributed by atoms with E-state index in [9.17, 15) is 14.4 Å². The van der Waals surface area contributed by atoms with Crippen molar-refractivity contribution in [1.82, 2.24) is 9.80 Å². The molecule has 2 aliphatic carbocycles. The number of carbonyl (C=O) groups is 1. The maximum atomic E-state index is 13.8. The van der Waals surface area contributed by atoms with Gasteiger partial charge in [-0.05, 0) is 122 Å². The third-order valence-corrected chi connectivity index (χ3v) is 10.2. The number of benzene rings is 3. The lowest BCUT2D eigenvalue weighted by molar-refractivity contribution is 0.115. The van der Waals surface area contributed by atoms with Gasteiger partial charge in [0.15, 0.2) is 0 Å². The highest BCUT2D eigenvalue weighted by Crippen LogP contribution is 2.63. The van der Waals surface area contributed by atoms with Crippen LogP contribution >= 0.6 is 11.6 Å². The Morgan fingerprint density at radius 1 is 1.14 bits per heavy atom. The van der Waals surface area contributed by atoms with Crippen LogP contribution in [0, 0.1) is 29.0 Å². The van der Waals surface area contributed by atoms with Crippen molar-refractivity contribution in [3.8, 4) is 11.8 Å². The monoisotopic (exact) mass is 600 g/mol. The number of ether oxygens (including phenoxy) is 1. The van der Waals surface area contributed by atoms with Gasteiger partial charge in [-0.3, -0.25) is 4.90 Å². The lowest BCUT2D eigenvalue weighted by atomic mass is 9.79. The molecule has 0 bridgehead atoms. The first-order chi connectivity index (χ1) is 20.9. The number of nitrogens with one attached hydrogen (secondary N) is 1. The van der Waals surface area contributed by atoms with Crippen molar-refractivity contribution in [3.05, 3.63) is 94.3 Å². The molecular weight excluding hydrogens is 563 g/mol. The molecule has 6 rings (SSSR count). The second-order valence-corrected chi connectivity index (χ2v) is 12.9. The lowest BCUT2D eigenvalue weighted by Crippen LogP contribution is -2.49. The molecule has 0 aromatic heterocycles. The molecule has 224 valence electrons. The van der Waals surface area contributed by atoms with Gasteiger partial charge in [-0.2, -0.15) is 5.26 Å². The van der Waals surface area contributed by atoms with Gasteiger partial charge in [0, 0.05) is 24.8 Å². The standard InChI is InChI=1S/C35H38ClFN4O2/c1-43-31-8-5-24(6-9-31)22-40-15-12-25(13-16-40)23-41(34(42)39-29-7-10-33(37)32(36)19-29)30-11-14-35(20-28(35)18-30)27-4-2-3-26(17-27)21-38/h2-10,17,19,25,28,30H,11-16,18,20,22-23H2,1H3,(H,39,42)/t28?,30?,35-/m1/s1. The van der Waals surface area contributed by atoms with Gasteiger partial charge in [-0.25, -0.2) is 9.18 Å². The second kappa shape index (κ2) is 12.6. The number of hydrogen-bond acceptors (Lipinski definition) is 4. The molecule has 1 N–H and O–H groups in total. The summed E-state index contributed by atoms with van der Waals surface area (Å²) in [5, 5.41) is 12.4. The lowest BCUT2D eigenvalue weighted by Gasteiger charge is -2.40. The minimum Gasteiger partial charge on any atom is -0.497 e. The summed E-state index contributed by atoms with van der Waals surface area (Å²) in [4.78, 5) is 18.3. The number of urea groups is 1. The molecule has 0 radical (unpaired) electrons. The van der Waals surface area contributed by atoms with Gasteiger partial charge in [0.25, 0.3) is 0 Å². The summed E-state index contributed by atoms with van der Waals surface area (Å²) >= 11 is 6.02. The average Bonchev–Trinajstić information content (AvgIpc) is 3.78. The van der Waals surface area contributed by atoms with Crippen LogP contribution in [0.5, 0.6) is 5.75 Å². The number of nitrogens with zero attached hydrogens (tertiary/aromatic N) is 3. The molecule has 2 amide bonds. The number of likely N-dealkylation sites (tertiary alicyclic amines) is 1. The van der Waals surface area contributed by atoms with E-state index in [2.05, 4.69) is 39.4 Å². The van der Waals surface area contributed by atoms with E-state index < -0.39 is 5.82 Å². The molecule has 2 unspecified atom stereocenters. The smallest absolute Gasteiger partial charge is 0.322 e. The van der Waals surface area contributed by atoms with E-state index in [-0.39, 0.29) is 22.5 Å². The van der Waals surface area contributed by atoms with Gasteiger partial charge in [-0.1, -0.05) is 35.9 Å². The number of hydrogen-bond donors (Lipinski definition) is 1. The van der Waals surface area contributed by atoms with Gasteiger partial charge < -0.3 is 15.0 Å². The normalized spacial score (nSPS) is 23.6. The van der Waals surface area contributed by atoms with Gasteiger partial charge in [0.1, 0.15) is 11.6 Å². The Hall–Kier alpha value is -3.60. The molecule has 2 saturated carbocycles. The fourth-order valence-corrected chi connectivity index (χ4v) is 7.49. The Bertz CT molecular complexity index is 1500. The van der Waals surface area contributed by atoms with E-state index in [0.29, 0.717) is 29.6 Å². The largest absolute Gasteiger partial charge is 0.497 e. The van der Waals surface area contributed by atoms with Crippen molar-refractivity contribution in [3.63, 3.8) is 0 Å². The molecule has 3 aliphatic rings. The van der Waals surface area contributed by atoms with Crippen LogP contribution in [0.15, 0.2) is 66.7 Å². The number of piperidine rings is 1. The zero-order valence-electron chi connectivity index (χ0n) is 24.6. The summed E-state index contributed by atoms with van der Waals surface area (Å²) in [6, 6.07) is 22.9. The summed E-state index contributed by atoms with van der Waals surface area (Å²) < 4.78 is 19.1.